The highest BCUT2D eigenvalue weighted by Gasteiger charge is 2.21. The highest BCUT2D eigenvalue weighted by molar-refractivity contribution is 5.94. The minimum absolute atomic E-state index is 0.0877. The van der Waals surface area contributed by atoms with Gasteiger partial charge in [-0.25, -0.2) is 0 Å². The zero-order valence-corrected chi connectivity index (χ0v) is 13.1. The van der Waals surface area contributed by atoms with Crippen molar-refractivity contribution in [3.63, 3.8) is 0 Å². The summed E-state index contributed by atoms with van der Waals surface area (Å²) in [5.74, 6) is -0.0332. The molecule has 1 rings (SSSR count). The number of nitrogens with zero attached hydrogens (tertiary/aromatic N) is 1. The van der Waals surface area contributed by atoms with E-state index in [-0.39, 0.29) is 17.8 Å². The van der Waals surface area contributed by atoms with Gasteiger partial charge in [0, 0.05) is 18.7 Å². The Hall–Kier alpha value is -2.04. The van der Waals surface area contributed by atoms with Crippen LogP contribution in [0, 0.1) is 5.92 Å². The summed E-state index contributed by atoms with van der Waals surface area (Å²) in [5.41, 5.74) is 0.585. The molecule has 1 aromatic carbocycles. The summed E-state index contributed by atoms with van der Waals surface area (Å²) in [6.45, 7) is 4.71. The van der Waals surface area contributed by atoms with Crippen molar-refractivity contribution in [1.29, 1.82) is 0 Å². The van der Waals surface area contributed by atoms with Crippen molar-refractivity contribution in [2.45, 2.75) is 20.3 Å². The van der Waals surface area contributed by atoms with Crippen LogP contribution in [-0.4, -0.2) is 44.1 Å². The van der Waals surface area contributed by atoms with Crippen molar-refractivity contribution < 1.29 is 19.1 Å². The van der Waals surface area contributed by atoms with Crippen LogP contribution in [0.3, 0.4) is 0 Å². The van der Waals surface area contributed by atoms with E-state index in [2.05, 4.69) is 0 Å². The fourth-order valence-electron chi connectivity index (χ4n) is 2.07. The highest BCUT2D eigenvalue weighted by Crippen LogP contribution is 2.14. The lowest BCUT2D eigenvalue weighted by Gasteiger charge is -2.24. The second-order valence-corrected chi connectivity index (χ2v) is 4.90. The third-order valence-corrected chi connectivity index (χ3v) is 3.22. The number of rotatable bonds is 7. The van der Waals surface area contributed by atoms with Crippen molar-refractivity contribution in [2.24, 2.45) is 5.92 Å². The molecule has 0 saturated heterocycles. The molecule has 0 bridgehead atoms. The third kappa shape index (κ3) is 4.77. The first-order valence-electron chi connectivity index (χ1n) is 7.04. The molecule has 0 fully saturated rings. The monoisotopic (exact) mass is 293 g/mol. The average molecular weight is 293 g/mol. The van der Waals surface area contributed by atoms with E-state index in [1.807, 2.05) is 6.92 Å². The Balaban J connectivity index is 2.82. The van der Waals surface area contributed by atoms with Crippen LogP contribution in [0.2, 0.25) is 0 Å². The first-order chi connectivity index (χ1) is 10.0. The lowest BCUT2D eigenvalue weighted by molar-refractivity contribution is -0.145. The summed E-state index contributed by atoms with van der Waals surface area (Å²) in [7, 11) is 2.94. The van der Waals surface area contributed by atoms with Crippen LogP contribution in [0.4, 0.5) is 0 Å². The Morgan fingerprint density at radius 1 is 1.19 bits per heavy atom. The molecule has 1 amide bonds. The lowest BCUT2D eigenvalue weighted by Crippen LogP contribution is -2.37. The molecule has 21 heavy (non-hydrogen) atoms. The standard InChI is InChI=1S/C16H23NO4/c1-5-10-17(11-12(2)16(19)21-4)15(18)13-6-8-14(20-3)9-7-13/h6-9,12H,5,10-11H2,1-4H3. The molecule has 0 aromatic heterocycles. The Labute approximate surface area is 125 Å². The fraction of sp³-hybridized carbons (Fsp3) is 0.500. The van der Waals surface area contributed by atoms with E-state index in [0.29, 0.717) is 24.4 Å². The van der Waals surface area contributed by atoms with Crippen LogP contribution in [0.5, 0.6) is 5.75 Å². The Morgan fingerprint density at radius 2 is 1.81 bits per heavy atom. The number of amides is 1. The van der Waals surface area contributed by atoms with Crippen molar-refractivity contribution in [2.75, 3.05) is 27.3 Å². The predicted octanol–water partition coefficient (Wildman–Crippen LogP) is 2.36. The normalized spacial score (nSPS) is 11.6. The smallest absolute Gasteiger partial charge is 0.310 e. The van der Waals surface area contributed by atoms with Gasteiger partial charge in [-0.3, -0.25) is 9.59 Å². The van der Waals surface area contributed by atoms with Gasteiger partial charge in [-0.15, -0.1) is 0 Å². The van der Waals surface area contributed by atoms with Crippen LogP contribution in [0.1, 0.15) is 30.6 Å². The average Bonchev–Trinajstić information content (AvgIpc) is 2.52. The van der Waals surface area contributed by atoms with Gasteiger partial charge in [0.1, 0.15) is 5.75 Å². The van der Waals surface area contributed by atoms with Crippen molar-refractivity contribution in [3.8, 4) is 5.75 Å². The van der Waals surface area contributed by atoms with Gasteiger partial charge >= 0.3 is 5.97 Å². The molecule has 5 heteroatoms. The molecule has 0 N–H and O–H groups in total. The number of carbonyl (C=O) groups is 2. The van der Waals surface area contributed by atoms with E-state index in [1.165, 1.54) is 7.11 Å². The van der Waals surface area contributed by atoms with Gasteiger partial charge < -0.3 is 14.4 Å². The van der Waals surface area contributed by atoms with Gasteiger partial charge in [0.25, 0.3) is 5.91 Å². The maximum absolute atomic E-state index is 12.5. The van der Waals surface area contributed by atoms with Crippen molar-refractivity contribution in [3.05, 3.63) is 29.8 Å². The number of carbonyl (C=O) groups excluding carboxylic acids is 2. The lowest BCUT2D eigenvalue weighted by atomic mass is 10.1. The minimum atomic E-state index is -0.344. The molecule has 0 aliphatic rings. The SMILES string of the molecule is CCCN(CC(C)C(=O)OC)C(=O)c1ccc(OC)cc1. The fourth-order valence-corrected chi connectivity index (χ4v) is 2.07. The summed E-state index contributed by atoms with van der Waals surface area (Å²) in [6, 6.07) is 6.96. The number of ether oxygens (including phenoxy) is 2. The van der Waals surface area contributed by atoms with E-state index in [1.54, 1.807) is 43.2 Å². The van der Waals surface area contributed by atoms with Gasteiger partial charge in [0.05, 0.1) is 20.1 Å². The predicted molar refractivity (Wildman–Crippen MR) is 80.4 cm³/mol. The van der Waals surface area contributed by atoms with Gasteiger partial charge in [-0.1, -0.05) is 13.8 Å². The maximum Gasteiger partial charge on any atom is 0.310 e. The largest absolute Gasteiger partial charge is 0.497 e. The summed E-state index contributed by atoms with van der Waals surface area (Å²) < 4.78 is 9.79. The number of esters is 1. The van der Waals surface area contributed by atoms with Crippen molar-refractivity contribution in [1.82, 2.24) is 4.90 Å². The molecule has 1 unspecified atom stereocenters. The molecule has 0 aliphatic heterocycles. The second-order valence-electron chi connectivity index (χ2n) is 4.90. The van der Waals surface area contributed by atoms with E-state index in [0.717, 1.165) is 6.42 Å². The molecule has 1 atom stereocenters. The maximum atomic E-state index is 12.5. The molecule has 0 radical (unpaired) electrons. The summed E-state index contributed by atoms with van der Waals surface area (Å²) in [6.07, 6.45) is 0.829. The number of benzene rings is 1. The molecule has 5 nitrogen and oxygen atoms in total. The molecule has 0 heterocycles. The summed E-state index contributed by atoms with van der Waals surface area (Å²) in [5, 5.41) is 0. The molecule has 0 saturated carbocycles. The topological polar surface area (TPSA) is 55.8 Å². The quantitative estimate of drug-likeness (QED) is 0.724. The Morgan fingerprint density at radius 3 is 2.29 bits per heavy atom. The Kier molecular flexibility index (Phi) is 6.72. The Bertz CT molecular complexity index is 470. The zero-order valence-electron chi connectivity index (χ0n) is 13.1. The van der Waals surface area contributed by atoms with Gasteiger partial charge in [0.15, 0.2) is 0 Å². The van der Waals surface area contributed by atoms with Crippen molar-refractivity contribution >= 4 is 11.9 Å². The van der Waals surface area contributed by atoms with E-state index in [9.17, 15) is 9.59 Å². The first-order valence-corrected chi connectivity index (χ1v) is 7.04. The molecular weight excluding hydrogens is 270 g/mol. The molecular formula is C16H23NO4. The summed E-state index contributed by atoms with van der Waals surface area (Å²) in [4.78, 5) is 25.7. The van der Waals surface area contributed by atoms with E-state index in [4.69, 9.17) is 9.47 Å². The molecule has 116 valence electrons. The number of hydrogen-bond acceptors (Lipinski definition) is 4. The van der Waals surface area contributed by atoms with Gasteiger partial charge in [-0.05, 0) is 30.7 Å². The van der Waals surface area contributed by atoms with Crippen LogP contribution in [-0.2, 0) is 9.53 Å². The second kappa shape index (κ2) is 8.29. The van der Waals surface area contributed by atoms with Crippen LogP contribution >= 0.6 is 0 Å². The zero-order chi connectivity index (χ0) is 15.8. The van der Waals surface area contributed by atoms with Crippen LogP contribution in [0.15, 0.2) is 24.3 Å². The third-order valence-electron chi connectivity index (χ3n) is 3.22. The van der Waals surface area contributed by atoms with E-state index >= 15 is 0 Å². The number of hydrogen-bond donors (Lipinski definition) is 0. The van der Waals surface area contributed by atoms with E-state index < -0.39 is 0 Å². The van der Waals surface area contributed by atoms with Gasteiger partial charge in [0.2, 0.25) is 0 Å². The highest BCUT2D eigenvalue weighted by atomic mass is 16.5. The van der Waals surface area contributed by atoms with Crippen LogP contribution < -0.4 is 4.74 Å². The van der Waals surface area contributed by atoms with Gasteiger partial charge in [-0.2, -0.15) is 0 Å². The minimum Gasteiger partial charge on any atom is -0.497 e. The molecule has 1 aromatic rings. The number of methoxy groups -OCH3 is 2. The molecule has 0 aliphatic carbocycles. The van der Waals surface area contributed by atoms with Crippen LogP contribution in [0.25, 0.3) is 0 Å². The summed E-state index contributed by atoms with van der Waals surface area (Å²) >= 11 is 0. The first kappa shape index (κ1) is 17.0. The molecule has 0 spiro atoms.